The molecule has 3 rings (SSSR count). The van der Waals surface area contributed by atoms with Crippen molar-refractivity contribution < 1.29 is 0 Å². The lowest BCUT2D eigenvalue weighted by molar-refractivity contribution is 0.577. The van der Waals surface area contributed by atoms with Gasteiger partial charge in [0.1, 0.15) is 5.69 Å². The van der Waals surface area contributed by atoms with Gasteiger partial charge in [0.25, 0.3) is 5.56 Å². The number of piperidine rings is 1. The predicted molar refractivity (Wildman–Crippen MR) is 93.7 cm³/mol. The van der Waals surface area contributed by atoms with Crippen LogP contribution in [0.3, 0.4) is 0 Å². The summed E-state index contributed by atoms with van der Waals surface area (Å²) in [6, 6.07) is 7.36. The Balaban J connectivity index is 2.15. The fraction of sp³-hybridized carbons (Fsp3) is 0.333. The molecule has 1 aliphatic heterocycles. The number of nitrogens with two attached hydrogens (primary N) is 1. The molecule has 1 aliphatic rings. The summed E-state index contributed by atoms with van der Waals surface area (Å²) < 4.78 is 1.23. The van der Waals surface area contributed by atoms with Crippen molar-refractivity contribution in [3.05, 3.63) is 39.6 Å². The van der Waals surface area contributed by atoms with Gasteiger partial charge in [0.2, 0.25) is 0 Å². The molecule has 0 aliphatic carbocycles. The molecule has 0 saturated carbocycles. The van der Waals surface area contributed by atoms with Crippen molar-refractivity contribution in [1.29, 1.82) is 0 Å². The van der Waals surface area contributed by atoms with Gasteiger partial charge < -0.3 is 10.6 Å². The molecule has 5 nitrogen and oxygen atoms in total. The summed E-state index contributed by atoms with van der Waals surface area (Å²) in [5.74, 6) is 0. The summed E-state index contributed by atoms with van der Waals surface area (Å²) in [5.41, 5.74) is 7.71. The molecule has 1 saturated heterocycles. The maximum Gasteiger partial charge on any atom is 0.297 e. The van der Waals surface area contributed by atoms with E-state index in [1.54, 1.807) is 12.1 Å². The first-order chi connectivity index (χ1) is 10.6. The van der Waals surface area contributed by atoms with Crippen molar-refractivity contribution in [3.63, 3.8) is 0 Å². The second kappa shape index (κ2) is 6.14. The van der Waals surface area contributed by atoms with Gasteiger partial charge in [-0.05, 0) is 43.6 Å². The highest BCUT2D eigenvalue weighted by molar-refractivity contribution is 7.80. The maximum absolute atomic E-state index is 12.7. The van der Waals surface area contributed by atoms with Crippen molar-refractivity contribution in [1.82, 2.24) is 9.78 Å². The van der Waals surface area contributed by atoms with Crippen molar-refractivity contribution >= 4 is 34.6 Å². The van der Waals surface area contributed by atoms with E-state index in [1.165, 1.54) is 11.1 Å². The molecule has 0 bridgehead atoms. The van der Waals surface area contributed by atoms with Crippen LogP contribution < -0.4 is 16.2 Å². The van der Waals surface area contributed by atoms with Crippen molar-refractivity contribution in [2.24, 2.45) is 5.73 Å². The Morgan fingerprint density at radius 1 is 1.18 bits per heavy atom. The van der Waals surface area contributed by atoms with Crippen LogP contribution in [0.4, 0.5) is 5.69 Å². The molecule has 2 aromatic rings. The molecular weight excluding hydrogens is 320 g/mol. The summed E-state index contributed by atoms with van der Waals surface area (Å²) in [7, 11) is 0. The second-order valence-electron chi connectivity index (χ2n) is 5.37. The quantitative estimate of drug-likeness (QED) is 0.827. The highest BCUT2D eigenvalue weighted by atomic mass is 35.5. The fourth-order valence-electron chi connectivity index (χ4n) is 2.81. The number of H-pyrrole nitrogens is 1. The van der Waals surface area contributed by atoms with Crippen LogP contribution in [-0.4, -0.2) is 28.0 Å². The average molecular weight is 337 g/mol. The molecule has 0 atom stereocenters. The van der Waals surface area contributed by atoms with E-state index in [0.717, 1.165) is 37.2 Å². The number of thiocarbonyl (C=S) groups is 1. The molecule has 1 aromatic heterocycles. The Labute approximate surface area is 138 Å². The van der Waals surface area contributed by atoms with E-state index in [9.17, 15) is 4.79 Å². The van der Waals surface area contributed by atoms with Gasteiger partial charge in [0.05, 0.1) is 5.69 Å². The molecule has 2 heterocycles. The van der Waals surface area contributed by atoms with Crippen LogP contribution in [0.2, 0.25) is 5.02 Å². The minimum Gasteiger partial charge on any atom is -0.374 e. The molecule has 0 unspecified atom stereocenters. The minimum atomic E-state index is -0.195. The lowest BCUT2D eigenvalue weighted by atomic mass is 10.1. The zero-order chi connectivity index (χ0) is 15.7. The van der Waals surface area contributed by atoms with Crippen LogP contribution in [-0.2, 0) is 0 Å². The number of anilines is 1. The van der Waals surface area contributed by atoms with Crippen molar-refractivity contribution in [2.75, 3.05) is 18.0 Å². The summed E-state index contributed by atoms with van der Waals surface area (Å²) in [4.78, 5) is 14.8. The third kappa shape index (κ3) is 2.76. The summed E-state index contributed by atoms with van der Waals surface area (Å²) in [6.07, 6.45) is 3.36. The molecular formula is C15H17ClN4OS. The summed E-state index contributed by atoms with van der Waals surface area (Å²) in [5, 5.41) is 3.71. The Hall–Kier alpha value is -1.79. The number of aromatic nitrogens is 2. The zero-order valence-electron chi connectivity index (χ0n) is 12.0. The topological polar surface area (TPSA) is 67.0 Å². The lowest BCUT2D eigenvalue weighted by Gasteiger charge is -2.27. The van der Waals surface area contributed by atoms with E-state index in [4.69, 9.17) is 29.6 Å². The number of rotatable bonds is 2. The van der Waals surface area contributed by atoms with Crippen LogP contribution in [0.1, 0.15) is 19.3 Å². The Morgan fingerprint density at radius 2 is 1.82 bits per heavy atom. The number of hydrogen-bond donors (Lipinski definition) is 2. The Kier molecular flexibility index (Phi) is 4.22. The van der Waals surface area contributed by atoms with Gasteiger partial charge >= 0.3 is 0 Å². The van der Waals surface area contributed by atoms with Gasteiger partial charge in [-0.1, -0.05) is 23.7 Å². The van der Waals surface area contributed by atoms with Gasteiger partial charge in [-0.15, -0.1) is 0 Å². The monoisotopic (exact) mass is 336 g/mol. The first kappa shape index (κ1) is 15.1. The lowest BCUT2D eigenvalue weighted by Crippen LogP contribution is -2.36. The Bertz CT molecular complexity index is 744. The summed E-state index contributed by atoms with van der Waals surface area (Å²) >= 11 is 10.9. The van der Waals surface area contributed by atoms with E-state index in [-0.39, 0.29) is 10.7 Å². The van der Waals surface area contributed by atoms with E-state index >= 15 is 0 Å². The molecule has 22 heavy (non-hydrogen) atoms. The predicted octanol–water partition coefficient (Wildman–Crippen LogP) is 2.58. The molecule has 1 fully saturated rings. The first-order valence-corrected chi connectivity index (χ1v) is 8.02. The number of aromatic amines is 1. The normalized spacial score (nSPS) is 15.0. The molecule has 0 amide bonds. The maximum atomic E-state index is 12.7. The van der Waals surface area contributed by atoms with Crippen molar-refractivity contribution in [3.8, 4) is 11.3 Å². The van der Waals surface area contributed by atoms with Crippen LogP contribution in [0.15, 0.2) is 29.1 Å². The molecule has 7 heteroatoms. The highest BCUT2D eigenvalue weighted by Gasteiger charge is 2.23. The number of nitrogens with one attached hydrogen (secondary N) is 1. The van der Waals surface area contributed by atoms with Gasteiger partial charge in [-0.3, -0.25) is 9.89 Å². The highest BCUT2D eigenvalue weighted by Crippen LogP contribution is 2.29. The zero-order valence-corrected chi connectivity index (χ0v) is 13.6. The third-order valence-corrected chi connectivity index (χ3v) is 4.33. The molecule has 3 N–H and O–H groups in total. The largest absolute Gasteiger partial charge is 0.374 e. The molecule has 1 aromatic carbocycles. The fourth-order valence-corrected chi connectivity index (χ4v) is 3.07. The van der Waals surface area contributed by atoms with Gasteiger partial charge in [-0.2, -0.15) is 4.68 Å². The van der Waals surface area contributed by atoms with Crippen LogP contribution >= 0.6 is 23.8 Å². The van der Waals surface area contributed by atoms with Gasteiger partial charge in [0.15, 0.2) is 5.11 Å². The average Bonchev–Trinajstić information content (AvgIpc) is 2.86. The smallest absolute Gasteiger partial charge is 0.297 e. The van der Waals surface area contributed by atoms with E-state index in [1.807, 2.05) is 12.1 Å². The second-order valence-corrected chi connectivity index (χ2v) is 6.22. The van der Waals surface area contributed by atoms with Gasteiger partial charge in [0, 0.05) is 23.7 Å². The number of nitrogens with zero attached hydrogens (tertiary/aromatic N) is 2. The molecule has 0 spiro atoms. The molecule has 116 valence electrons. The van der Waals surface area contributed by atoms with E-state index in [0.29, 0.717) is 10.7 Å². The van der Waals surface area contributed by atoms with Crippen LogP contribution in [0, 0.1) is 0 Å². The van der Waals surface area contributed by atoms with Crippen molar-refractivity contribution in [2.45, 2.75) is 19.3 Å². The van der Waals surface area contributed by atoms with Gasteiger partial charge in [-0.25, -0.2) is 0 Å². The molecule has 0 radical (unpaired) electrons. The number of benzene rings is 1. The summed E-state index contributed by atoms with van der Waals surface area (Å²) in [6.45, 7) is 1.73. The number of hydrogen-bond acceptors (Lipinski definition) is 3. The first-order valence-electron chi connectivity index (χ1n) is 7.23. The van der Waals surface area contributed by atoms with E-state index in [2.05, 4.69) is 10.00 Å². The standard InChI is InChI=1S/C15H17ClN4OS/c16-11-6-4-10(5-7-11)12-13(19-8-2-1-3-9-19)14(21)20(18-12)15(17)22/h4-7,18H,1-3,8-9H2,(H2,17,22). The minimum absolute atomic E-state index is 0.0171. The number of halogens is 1. The SMILES string of the molecule is NC(=S)n1[nH]c(-c2ccc(Cl)cc2)c(N2CCCCC2)c1=O. The van der Waals surface area contributed by atoms with E-state index < -0.39 is 0 Å². The third-order valence-electron chi connectivity index (χ3n) is 3.89. The van der Waals surface area contributed by atoms with Crippen LogP contribution in [0.5, 0.6) is 0 Å². The van der Waals surface area contributed by atoms with Crippen LogP contribution in [0.25, 0.3) is 11.3 Å². The Morgan fingerprint density at radius 3 is 2.41 bits per heavy atom.